The molecule has 0 spiro atoms. The Balaban J connectivity index is 1.76. The molecule has 2 fully saturated rings. The summed E-state index contributed by atoms with van der Waals surface area (Å²) in [6.45, 7) is 0.975. The lowest BCUT2D eigenvalue weighted by Gasteiger charge is -2.06. The lowest BCUT2D eigenvalue weighted by molar-refractivity contribution is 0.508. The Bertz CT molecular complexity index is 432. The van der Waals surface area contributed by atoms with Crippen LogP contribution in [0.1, 0.15) is 43.5 Å². The second-order valence-electron chi connectivity index (χ2n) is 5.35. The Labute approximate surface area is 107 Å². The van der Waals surface area contributed by atoms with Gasteiger partial charge in [0.05, 0.1) is 5.69 Å². The third-order valence-corrected chi connectivity index (χ3v) is 3.89. The average molecular weight is 250 g/mol. The minimum Gasteiger partial charge on any atom is -0.388 e. The predicted molar refractivity (Wildman–Crippen MR) is 69.7 cm³/mol. The quantitative estimate of drug-likeness (QED) is 0.780. The summed E-state index contributed by atoms with van der Waals surface area (Å²) in [6, 6.07) is 0. The molecule has 1 aromatic rings. The number of hydrogen-bond acceptors (Lipinski definition) is 3. The van der Waals surface area contributed by atoms with Crippen LogP contribution in [0.25, 0.3) is 0 Å². The van der Waals surface area contributed by atoms with E-state index < -0.39 is 0 Å². The monoisotopic (exact) mass is 250 g/mol. The molecule has 1 heterocycles. The van der Waals surface area contributed by atoms with Crippen molar-refractivity contribution >= 4 is 17.2 Å². The van der Waals surface area contributed by atoms with Crippen LogP contribution in [0.15, 0.2) is 0 Å². The van der Waals surface area contributed by atoms with Crippen LogP contribution in [-0.4, -0.2) is 20.0 Å². The molecule has 0 amide bonds. The molecule has 0 saturated heterocycles. The van der Waals surface area contributed by atoms with E-state index in [9.17, 15) is 0 Å². The summed E-state index contributed by atoms with van der Waals surface area (Å²) in [5.74, 6) is 1.72. The molecular formula is C12H18N4S. The standard InChI is InChI=1S/C12H18N4S/c13-12(17)11-10(7-9-3-4-9)16(15-14-11)6-5-8-1-2-8/h8-9H,1-7H2,(H2,13,17). The van der Waals surface area contributed by atoms with Crippen molar-refractivity contribution in [2.24, 2.45) is 17.6 Å². The second-order valence-corrected chi connectivity index (χ2v) is 5.79. The third kappa shape index (κ3) is 2.65. The summed E-state index contributed by atoms with van der Waals surface area (Å²) >= 11 is 5.05. The fraction of sp³-hybridized carbons (Fsp3) is 0.750. The molecule has 0 unspecified atom stereocenters. The first kappa shape index (κ1) is 11.1. The molecule has 2 aliphatic rings. The van der Waals surface area contributed by atoms with Gasteiger partial charge in [0.2, 0.25) is 0 Å². The van der Waals surface area contributed by atoms with Gasteiger partial charge in [-0.05, 0) is 37.5 Å². The molecule has 0 bridgehead atoms. The number of thiocarbonyl (C=S) groups is 1. The highest BCUT2D eigenvalue weighted by atomic mass is 32.1. The van der Waals surface area contributed by atoms with Gasteiger partial charge in [-0.25, -0.2) is 4.68 Å². The maximum atomic E-state index is 5.71. The van der Waals surface area contributed by atoms with Gasteiger partial charge in [-0.3, -0.25) is 0 Å². The van der Waals surface area contributed by atoms with Crippen LogP contribution >= 0.6 is 12.2 Å². The lowest BCUT2D eigenvalue weighted by atomic mass is 10.1. The molecule has 0 radical (unpaired) electrons. The van der Waals surface area contributed by atoms with Crippen molar-refractivity contribution in [3.05, 3.63) is 11.4 Å². The average Bonchev–Trinajstić information content (AvgIpc) is 3.16. The van der Waals surface area contributed by atoms with Gasteiger partial charge in [0.1, 0.15) is 10.7 Å². The van der Waals surface area contributed by atoms with Crippen molar-refractivity contribution in [1.82, 2.24) is 15.0 Å². The molecule has 0 atom stereocenters. The molecule has 17 heavy (non-hydrogen) atoms. The summed E-state index contributed by atoms with van der Waals surface area (Å²) in [6.07, 6.45) is 7.68. The molecule has 0 aliphatic heterocycles. The summed E-state index contributed by atoms with van der Waals surface area (Å²) < 4.78 is 2.03. The minimum atomic E-state index is 0.387. The van der Waals surface area contributed by atoms with E-state index >= 15 is 0 Å². The number of rotatable bonds is 6. The van der Waals surface area contributed by atoms with Crippen LogP contribution in [0.5, 0.6) is 0 Å². The van der Waals surface area contributed by atoms with Crippen LogP contribution in [0.2, 0.25) is 0 Å². The number of nitrogens with zero attached hydrogens (tertiary/aromatic N) is 3. The lowest BCUT2D eigenvalue weighted by Crippen LogP contribution is -2.15. The van der Waals surface area contributed by atoms with Crippen molar-refractivity contribution < 1.29 is 0 Å². The maximum absolute atomic E-state index is 5.71. The minimum absolute atomic E-state index is 0.387. The first-order chi connectivity index (χ1) is 8.24. The van der Waals surface area contributed by atoms with E-state index in [-0.39, 0.29) is 0 Å². The number of aromatic nitrogens is 3. The predicted octanol–water partition coefficient (Wildman–Crippen LogP) is 1.66. The van der Waals surface area contributed by atoms with Crippen LogP contribution in [0.3, 0.4) is 0 Å². The normalized spacial score (nSPS) is 19.5. The smallest absolute Gasteiger partial charge is 0.143 e. The maximum Gasteiger partial charge on any atom is 0.143 e. The molecule has 92 valence electrons. The molecular weight excluding hydrogens is 232 g/mol. The molecule has 4 nitrogen and oxygen atoms in total. The zero-order valence-corrected chi connectivity index (χ0v) is 10.7. The summed E-state index contributed by atoms with van der Waals surface area (Å²) in [5.41, 5.74) is 7.63. The second kappa shape index (κ2) is 4.37. The van der Waals surface area contributed by atoms with Crippen molar-refractivity contribution in [1.29, 1.82) is 0 Å². The highest BCUT2D eigenvalue weighted by molar-refractivity contribution is 7.80. The van der Waals surface area contributed by atoms with Gasteiger partial charge in [-0.2, -0.15) is 0 Å². The van der Waals surface area contributed by atoms with Gasteiger partial charge in [0.25, 0.3) is 0 Å². The summed E-state index contributed by atoms with van der Waals surface area (Å²) in [4.78, 5) is 0.387. The zero-order chi connectivity index (χ0) is 11.8. The number of aryl methyl sites for hydroxylation is 1. The van der Waals surface area contributed by atoms with Crippen LogP contribution in [0.4, 0.5) is 0 Å². The molecule has 0 aromatic carbocycles. The van der Waals surface area contributed by atoms with E-state index in [1.807, 2.05) is 4.68 Å². The largest absolute Gasteiger partial charge is 0.388 e. The summed E-state index contributed by atoms with van der Waals surface area (Å²) in [7, 11) is 0. The third-order valence-electron chi connectivity index (χ3n) is 3.70. The molecule has 2 aliphatic carbocycles. The molecule has 3 rings (SSSR count). The first-order valence-electron chi connectivity index (χ1n) is 6.46. The Morgan fingerprint density at radius 3 is 2.59 bits per heavy atom. The van der Waals surface area contributed by atoms with E-state index in [1.165, 1.54) is 37.8 Å². The molecule has 5 heteroatoms. The van der Waals surface area contributed by atoms with Gasteiger partial charge in [0.15, 0.2) is 0 Å². The van der Waals surface area contributed by atoms with E-state index in [0.717, 1.165) is 30.5 Å². The van der Waals surface area contributed by atoms with E-state index in [2.05, 4.69) is 10.3 Å². The summed E-state index contributed by atoms with van der Waals surface area (Å²) in [5, 5.41) is 8.36. The Morgan fingerprint density at radius 2 is 2.00 bits per heavy atom. The molecule has 2 saturated carbocycles. The van der Waals surface area contributed by atoms with Gasteiger partial charge < -0.3 is 5.73 Å². The highest BCUT2D eigenvalue weighted by Crippen LogP contribution is 2.35. The van der Waals surface area contributed by atoms with Crippen molar-refractivity contribution in [3.63, 3.8) is 0 Å². The Kier molecular flexibility index (Phi) is 2.86. The highest BCUT2D eigenvalue weighted by Gasteiger charge is 2.27. The number of hydrogen-bond donors (Lipinski definition) is 1. The van der Waals surface area contributed by atoms with Crippen LogP contribution in [-0.2, 0) is 13.0 Å². The van der Waals surface area contributed by atoms with E-state index in [4.69, 9.17) is 18.0 Å². The SMILES string of the molecule is NC(=S)c1nnn(CCC2CC2)c1CC1CC1. The number of nitrogens with two attached hydrogens (primary N) is 1. The van der Waals surface area contributed by atoms with Gasteiger partial charge >= 0.3 is 0 Å². The molecule has 2 N–H and O–H groups in total. The zero-order valence-electron chi connectivity index (χ0n) is 9.93. The van der Waals surface area contributed by atoms with Crippen LogP contribution in [0, 0.1) is 11.8 Å². The van der Waals surface area contributed by atoms with E-state index in [1.54, 1.807) is 0 Å². The Hall–Kier alpha value is -0.970. The fourth-order valence-corrected chi connectivity index (χ4v) is 2.37. The van der Waals surface area contributed by atoms with Gasteiger partial charge in [-0.1, -0.05) is 30.3 Å². The van der Waals surface area contributed by atoms with Crippen LogP contribution < -0.4 is 5.73 Å². The Morgan fingerprint density at radius 1 is 1.29 bits per heavy atom. The van der Waals surface area contributed by atoms with Crippen molar-refractivity contribution in [3.8, 4) is 0 Å². The van der Waals surface area contributed by atoms with Gasteiger partial charge in [0, 0.05) is 6.54 Å². The van der Waals surface area contributed by atoms with Crippen molar-refractivity contribution in [2.45, 2.75) is 45.1 Å². The van der Waals surface area contributed by atoms with Gasteiger partial charge in [-0.15, -0.1) is 5.10 Å². The topological polar surface area (TPSA) is 56.7 Å². The van der Waals surface area contributed by atoms with E-state index in [0.29, 0.717) is 4.99 Å². The molecule has 1 aromatic heterocycles. The van der Waals surface area contributed by atoms with Crippen molar-refractivity contribution in [2.75, 3.05) is 0 Å². The first-order valence-corrected chi connectivity index (χ1v) is 6.87. The fourth-order valence-electron chi connectivity index (χ4n) is 2.21.